The van der Waals surface area contributed by atoms with E-state index in [4.69, 9.17) is 16.0 Å². The molecule has 0 saturated heterocycles. The zero-order valence-corrected chi connectivity index (χ0v) is 11.3. The molecule has 0 aliphatic heterocycles. The number of oxazole rings is 1. The second-order valence-electron chi connectivity index (χ2n) is 5.86. The Morgan fingerprint density at radius 1 is 1.26 bits per heavy atom. The smallest absolute Gasteiger partial charge is 0.408 e. The molecule has 2 saturated carbocycles. The topological polar surface area (TPSA) is 46.0 Å². The van der Waals surface area contributed by atoms with Crippen LogP contribution in [0.2, 0.25) is 0 Å². The largest absolute Gasteiger partial charge is 0.417 e. The second-order valence-corrected chi connectivity index (χ2v) is 6.33. The first-order valence-electron chi connectivity index (χ1n) is 7.01. The fourth-order valence-electron chi connectivity index (χ4n) is 3.84. The van der Waals surface area contributed by atoms with Gasteiger partial charge in [-0.2, -0.15) is 0 Å². The molecule has 2 aliphatic carbocycles. The Hall–Kier alpha value is -1.22. The van der Waals surface area contributed by atoms with Crippen LogP contribution < -0.4 is 5.76 Å². The van der Waals surface area contributed by atoms with Gasteiger partial charge in [0.1, 0.15) is 0 Å². The Labute approximate surface area is 115 Å². The normalized spacial score (nSPS) is 31.1. The molecule has 2 fully saturated rings. The average molecular weight is 278 g/mol. The average Bonchev–Trinajstić information content (AvgIpc) is 3.02. The Balaban J connectivity index is 1.64. The van der Waals surface area contributed by atoms with E-state index in [2.05, 4.69) is 4.98 Å². The summed E-state index contributed by atoms with van der Waals surface area (Å²) in [6.45, 7) is 0. The molecule has 0 radical (unpaired) electrons. The van der Waals surface area contributed by atoms with Crippen molar-refractivity contribution in [3.8, 4) is 0 Å². The first-order valence-corrected chi connectivity index (χ1v) is 7.44. The number of hydrogen-bond donors (Lipinski definition) is 1. The van der Waals surface area contributed by atoms with Crippen LogP contribution in [-0.2, 0) is 0 Å². The summed E-state index contributed by atoms with van der Waals surface area (Å²) in [5.41, 5.74) is 2.43. The lowest BCUT2D eigenvalue weighted by atomic mass is 10.0. The first-order chi connectivity index (χ1) is 9.24. The second kappa shape index (κ2) is 4.14. The van der Waals surface area contributed by atoms with Crippen LogP contribution in [0.1, 0.15) is 36.6 Å². The van der Waals surface area contributed by atoms with Gasteiger partial charge in [-0.05, 0) is 48.3 Å². The van der Waals surface area contributed by atoms with Crippen molar-refractivity contribution >= 4 is 22.7 Å². The van der Waals surface area contributed by atoms with E-state index in [1.807, 2.05) is 18.2 Å². The molecule has 4 rings (SSSR count). The SMILES string of the molecule is O=c1[nH]c2ccc(C(Cl)C3C4CCCCC43)cc2o1. The van der Waals surface area contributed by atoms with Crippen LogP contribution in [0.25, 0.3) is 11.1 Å². The maximum atomic E-state index is 11.2. The van der Waals surface area contributed by atoms with E-state index in [-0.39, 0.29) is 5.38 Å². The molecule has 2 aliphatic rings. The highest BCUT2D eigenvalue weighted by Gasteiger charge is 2.53. The van der Waals surface area contributed by atoms with Crippen LogP contribution in [0.5, 0.6) is 0 Å². The van der Waals surface area contributed by atoms with Gasteiger partial charge >= 0.3 is 5.76 Å². The lowest BCUT2D eigenvalue weighted by Crippen LogP contribution is -1.95. The van der Waals surface area contributed by atoms with Gasteiger partial charge in [-0.15, -0.1) is 11.6 Å². The zero-order valence-electron chi connectivity index (χ0n) is 10.6. The standard InChI is InChI=1S/C15H16ClNO2/c16-14(13-9-3-1-2-4-10(9)13)8-5-6-11-12(7-8)19-15(18)17-11/h5-7,9-10,13-14H,1-4H2,(H,17,18). The van der Waals surface area contributed by atoms with Crippen molar-refractivity contribution in [2.24, 2.45) is 17.8 Å². The van der Waals surface area contributed by atoms with E-state index in [1.54, 1.807) is 0 Å². The van der Waals surface area contributed by atoms with Gasteiger partial charge in [-0.25, -0.2) is 4.79 Å². The Kier molecular flexibility index (Phi) is 2.52. The third-order valence-corrected chi connectivity index (χ3v) is 5.37. The van der Waals surface area contributed by atoms with Gasteiger partial charge in [0.2, 0.25) is 0 Å². The molecule has 4 heteroatoms. The van der Waals surface area contributed by atoms with Gasteiger partial charge in [-0.1, -0.05) is 18.9 Å². The summed E-state index contributed by atoms with van der Waals surface area (Å²) in [7, 11) is 0. The Morgan fingerprint density at radius 3 is 2.74 bits per heavy atom. The minimum absolute atomic E-state index is 0.0534. The molecule has 0 bridgehead atoms. The van der Waals surface area contributed by atoms with E-state index in [1.165, 1.54) is 25.7 Å². The van der Waals surface area contributed by atoms with Crippen molar-refractivity contribution in [2.75, 3.05) is 0 Å². The van der Waals surface area contributed by atoms with E-state index in [9.17, 15) is 4.79 Å². The molecule has 3 unspecified atom stereocenters. The van der Waals surface area contributed by atoms with Gasteiger partial charge in [0.05, 0.1) is 10.9 Å². The molecule has 2 aromatic rings. The fourth-order valence-corrected chi connectivity index (χ4v) is 4.35. The lowest BCUT2D eigenvalue weighted by Gasteiger charge is -2.09. The molecule has 1 aromatic carbocycles. The summed E-state index contributed by atoms with van der Waals surface area (Å²) in [6.07, 6.45) is 5.38. The van der Waals surface area contributed by atoms with E-state index >= 15 is 0 Å². The Bertz CT molecular complexity index is 662. The maximum absolute atomic E-state index is 11.2. The molecule has 3 atom stereocenters. The van der Waals surface area contributed by atoms with Crippen molar-refractivity contribution in [1.29, 1.82) is 0 Å². The van der Waals surface area contributed by atoms with Crippen molar-refractivity contribution in [3.05, 3.63) is 34.3 Å². The maximum Gasteiger partial charge on any atom is 0.417 e. The number of H-pyrrole nitrogens is 1. The highest BCUT2D eigenvalue weighted by molar-refractivity contribution is 6.21. The van der Waals surface area contributed by atoms with Gasteiger partial charge in [0.25, 0.3) is 0 Å². The predicted molar refractivity (Wildman–Crippen MR) is 74.4 cm³/mol. The number of halogens is 1. The summed E-state index contributed by atoms with van der Waals surface area (Å²) < 4.78 is 5.11. The number of aromatic amines is 1. The predicted octanol–water partition coefficient (Wildman–Crippen LogP) is 3.84. The van der Waals surface area contributed by atoms with Gasteiger partial charge in [0.15, 0.2) is 5.58 Å². The molecular formula is C15H16ClNO2. The highest BCUT2D eigenvalue weighted by atomic mass is 35.5. The summed E-state index contributed by atoms with van der Waals surface area (Å²) in [6, 6.07) is 5.81. The van der Waals surface area contributed by atoms with Gasteiger partial charge < -0.3 is 4.42 Å². The first kappa shape index (κ1) is 11.6. The molecule has 0 spiro atoms. The quantitative estimate of drug-likeness (QED) is 0.848. The summed E-state index contributed by atoms with van der Waals surface area (Å²) in [4.78, 5) is 13.8. The molecule has 19 heavy (non-hydrogen) atoms. The number of alkyl halides is 1. The van der Waals surface area contributed by atoms with Crippen LogP contribution in [0, 0.1) is 17.8 Å². The van der Waals surface area contributed by atoms with Gasteiger partial charge in [-0.3, -0.25) is 4.98 Å². The van der Waals surface area contributed by atoms with E-state index in [0.717, 1.165) is 22.9 Å². The van der Waals surface area contributed by atoms with E-state index < -0.39 is 5.76 Å². The summed E-state index contributed by atoms with van der Waals surface area (Å²) in [5.74, 6) is 1.86. The summed E-state index contributed by atoms with van der Waals surface area (Å²) in [5, 5.41) is 0.0534. The van der Waals surface area contributed by atoms with Crippen molar-refractivity contribution in [3.63, 3.8) is 0 Å². The monoisotopic (exact) mass is 277 g/mol. The molecule has 0 amide bonds. The summed E-state index contributed by atoms with van der Waals surface area (Å²) >= 11 is 6.66. The molecule has 1 aromatic heterocycles. The molecule has 100 valence electrons. The van der Waals surface area contributed by atoms with Crippen molar-refractivity contribution in [1.82, 2.24) is 4.98 Å². The third-order valence-electron chi connectivity index (χ3n) is 4.82. The molecule has 1 heterocycles. The molecule has 1 N–H and O–H groups in total. The number of hydrogen-bond acceptors (Lipinski definition) is 2. The third kappa shape index (κ3) is 1.83. The van der Waals surface area contributed by atoms with Crippen LogP contribution in [-0.4, -0.2) is 4.98 Å². The fraction of sp³-hybridized carbons (Fsp3) is 0.533. The molecule has 3 nitrogen and oxygen atoms in total. The molecular weight excluding hydrogens is 262 g/mol. The number of nitrogens with one attached hydrogen (secondary N) is 1. The van der Waals surface area contributed by atoms with Gasteiger partial charge in [0, 0.05) is 0 Å². The lowest BCUT2D eigenvalue weighted by molar-refractivity contribution is 0.480. The zero-order chi connectivity index (χ0) is 13.0. The van der Waals surface area contributed by atoms with Crippen molar-refractivity contribution in [2.45, 2.75) is 31.1 Å². The minimum Gasteiger partial charge on any atom is -0.408 e. The van der Waals surface area contributed by atoms with Crippen LogP contribution in [0.3, 0.4) is 0 Å². The number of benzene rings is 1. The Morgan fingerprint density at radius 2 is 2.00 bits per heavy atom. The number of rotatable bonds is 2. The van der Waals surface area contributed by atoms with Crippen LogP contribution in [0.15, 0.2) is 27.4 Å². The number of fused-ring (bicyclic) bond motifs is 2. The minimum atomic E-state index is -0.404. The van der Waals surface area contributed by atoms with Crippen molar-refractivity contribution < 1.29 is 4.42 Å². The van der Waals surface area contributed by atoms with Crippen LogP contribution >= 0.6 is 11.6 Å². The van der Waals surface area contributed by atoms with E-state index in [0.29, 0.717) is 11.5 Å². The number of aromatic nitrogens is 1. The van der Waals surface area contributed by atoms with Crippen LogP contribution in [0.4, 0.5) is 0 Å². The highest BCUT2D eigenvalue weighted by Crippen LogP contribution is 2.62.